The predicted octanol–water partition coefficient (Wildman–Crippen LogP) is -0.827. The fraction of sp³-hybridized carbons (Fsp3) is 0. The fourth-order valence-corrected chi connectivity index (χ4v) is 1.33. The van der Waals surface area contributed by atoms with Gasteiger partial charge < -0.3 is 0 Å². The van der Waals surface area contributed by atoms with E-state index in [0.29, 0.717) is 4.46 Å². The summed E-state index contributed by atoms with van der Waals surface area (Å²) in [5.74, 6) is 0. The summed E-state index contributed by atoms with van der Waals surface area (Å²) in [7, 11) is 0. The van der Waals surface area contributed by atoms with Crippen LogP contribution in [-0.2, 0) is 3.83 Å². The zero-order chi connectivity index (χ0) is 6.69. The maximum atomic E-state index is 10.3. The fourth-order valence-electron chi connectivity index (χ4n) is 0.532. The van der Waals surface area contributed by atoms with Crippen molar-refractivity contribution in [1.29, 1.82) is 0 Å². The summed E-state index contributed by atoms with van der Waals surface area (Å²) >= 11 is -2.91. The minimum atomic E-state index is -2.91. The van der Waals surface area contributed by atoms with Crippen LogP contribution in [-0.4, -0.2) is 14.2 Å². The van der Waals surface area contributed by atoms with Crippen LogP contribution >= 0.6 is 0 Å². The molecule has 0 N–H and O–H groups in total. The maximum absolute atomic E-state index is 10.3. The first-order chi connectivity index (χ1) is 4.30. The molecule has 1 atom stereocenters. The topological polar surface area (TPSA) is 40.1 Å². The third-order valence-electron chi connectivity index (χ3n) is 0.936. The third-order valence-corrected chi connectivity index (χ3v) is 2.31. The predicted molar refractivity (Wildman–Crippen MR) is 32.5 cm³/mol. The monoisotopic (exact) mass is 189 g/mol. The molecule has 1 rings (SSSR count). The van der Waals surface area contributed by atoms with Crippen LogP contribution in [0.25, 0.3) is 0 Å². The molecule has 9 heavy (non-hydrogen) atoms. The van der Waals surface area contributed by atoms with Gasteiger partial charge in [-0.3, -0.25) is 0 Å². The normalized spacial score (nSPS) is 13.0. The van der Waals surface area contributed by atoms with E-state index in [1.54, 1.807) is 30.3 Å². The van der Waals surface area contributed by atoms with Crippen molar-refractivity contribution >= 4 is 18.6 Å². The second-order valence-corrected chi connectivity index (χ2v) is 3.52. The molecule has 0 aliphatic rings. The first kappa shape index (κ1) is 6.62. The van der Waals surface area contributed by atoms with Gasteiger partial charge in [-0.15, -0.1) is 0 Å². The molecule has 0 amide bonds. The Morgan fingerprint density at radius 3 is 2.11 bits per heavy atom. The Morgan fingerprint density at radius 1 is 1.22 bits per heavy atom. The Hall–Kier alpha value is -0.501. The molecule has 1 aromatic carbocycles. The van der Waals surface area contributed by atoms with Gasteiger partial charge in [0.2, 0.25) is 0 Å². The summed E-state index contributed by atoms with van der Waals surface area (Å²) in [6, 6.07) is 8.39. The van der Waals surface area contributed by atoms with Gasteiger partial charge >= 0.3 is 57.0 Å². The molecule has 48 valence electrons. The second kappa shape index (κ2) is 2.87. The molecule has 0 aliphatic heterocycles. The van der Waals surface area contributed by atoms with E-state index in [2.05, 4.69) is 0 Å². The second-order valence-electron chi connectivity index (χ2n) is 1.55. The van der Waals surface area contributed by atoms with Crippen molar-refractivity contribution in [3.8, 4) is 0 Å². The molecule has 0 saturated carbocycles. The number of hydrogen-bond acceptors (Lipinski definition) is 2. The molecule has 0 aliphatic carbocycles. The van der Waals surface area contributed by atoms with E-state index in [4.69, 9.17) is 0 Å². The van der Waals surface area contributed by atoms with Crippen LogP contribution in [0.4, 0.5) is 0 Å². The molecule has 1 unspecified atom stereocenters. The number of rotatable bonds is 1. The average Bonchev–Trinajstić information content (AvgIpc) is 1.90. The van der Waals surface area contributed by atoms with E-state index < -0.39 is 14.2 Å². The van der Waals surface area contributed by atoms with Crippen molar-refractivity contribution in [2.75, 3.05) is 0 Å². The SMILES string of the molecule is O=[Se]([O-])c1ccccc1. The van der Waals surface area contributed by atoms with Crippen LogP contribution in [0.5, 0.6) is 0 Å². The van der Waals surface area contributed by atoms with Gasteiger partial charge in [-0.2, -0.15) is 0 Å². The van der Waals surface area contributed by atoms with Crippen molar-refractivity contribution in [2.24, 2.45) is 0 Å². The average molecular weight is 188 g/mol. The first-order valence-corrected chi connectivity index (χ1v) is 4.70. The Labute approximate surface area is 57.5 Å². The van der Waals surface area contributed by atoms with E-state index in [9.17, 15) is 8.02 Å². The van der Waals surface area contributed by atoms with E-state index in [-0.39, 0.29) is 0 Å². The molecule has 0 fully saturated rings. The summed E-state index contributed by atoms with van der Waals surface area (Å²) in [5, 5.41) is 0. The van der Waals surface area contributed by atoms with E-state index in [1.165, 1.54) is 0 Å². The van der Waals surface area contributed by atoms with E-state index in [0.717, 1.165) is 0 Å². The molecule has 0 bridgehead atoms. The first-order valence-electron chi connectivity index (χ1n) is 2.45. The molecule has 0 spiro atoms. The van der Waals surface area contributed by atoms with E-state index in [1.807, 2.05) is 0 Å². The molecule has 0 radical (unpaired) electrons. The summed E-state index contributed by atoms with van der Waals surface area (Å²) in [6.07, 6.45) is 0. The Bertz CT molecular complexity index is 208. The van der Waals surface area contributed by atoms with Crippen molar-refractivity contribution in [1.82, 2.24) is 0 Å². The molecule has 1 aromatic rings. The van der Waals surface area contributed by atoms with Gasteiger partial charge in [-0.25, -0.2) is 0 Å². The molecule has 0 aromatic heterocycles. The summed E-state index contributed by atoms with van der Waals surface area (Å²) < 4.78 is 21.0. The van der Waals surface area contributed by atoms with Crippen molar-refractivity contribution in [3.63, 3.8) is 0 Å². The molecular formula is C6H5O2Se-. The molecule has 0 heterocycles. The van der Waals surface area contributed by atoms with Crippen LogP contribution in [0, 0.1) is 0 Å². The van der Waals surface area contributed by atoms with Gasteiger partial charge in [0.25, 0.3) is 0 Å². The molecule has 2 nitrogen and oxygen atoms in total. The Morgan fingerprint density at radius 2 is 1.78 bits per heavy atom. The summed E-state index contributed by atoms with van der Waals surface area (Å²) in [6.45, 7) is 0. The Balaban J connectivity index is 2.98. The van der Waals surface area contributed by atoms with Gasteiger partial charge in [0.05, 0.1) is 0 Å². The van der Waals surface area contributed by atoms with Crippen LogP contribution in [0.2, 0.25) is 0 Å². The van der Waals surface area contributed by atoms with Crippen molar-refractivity contribution < 1.29 is 8.02 Å². The molecular weight excluding hydrogens is 183 g/mol. The zero-order valence-corrected chi connectivity index (χ0v) is 6.32. The summed E-state index contributed by atoms with van der Waals surface area (Å²) in [5.41, 5.74) is 0. The van der Waals surface area contributed by atoms with Gasteiger partial charge in [-0.1, -0.05) is 0 Å². The molecule has 0 saturated heterocycles. The van der Waals surface area contributed by atoms with Crippen molar-refractivity contribution in [3.05, 3.63) is 30.3 Å². The zero-order valence-electron chi connectivity index (χ0n) is 4.61. The molecule has 3 heteroatoms. The van der Waals surface area contributed by atoms with Crippen LogP contribution in [0.15, 0.2) is 30.3 Å². The van der Waals surface area contributed by atoms with Crippen LogP contribution in [0.1, 0.15) is 0 Å². The van der Waals surface area contributed by atoms with Crippen LogP contribution < -0.4 is 8.65 Å². The Kier molecular flexibility index (Phi) is 2.11. The third kappa shape index (κ3) is 1.72. The van der Waals surface area contributed by atoms with Crippen molar-refractivity contribution in [2.45, 2.75) is 0 Å². The standard InChI is InChI=1S/C6H6O2Se/c7-9(8)6-4-2-1-3-5-6/h1-5H,(H,7,8)/p-1. The number of benzene rings is 1. The van der Waals surface area contributed by atoms with Gasteiger partial charge in [-0.05, 0) is 0 Å². The quantitative estimate of drug-likeness (QED) is 0.540. The van der Waals surface area contributed by atoms with Crippen LogP contribution in [0.3, 0.4) is 0 Å². The number of hydrogen-bond donors (Lipinski definition) is 0. The summed E-state index contributed by atoms with van der Waals surface area (Å²) in [4.78, 5) is 0. The van der Waals surface area contributed by atoms with Gasteiger partial charge in [0.15, 0.2) is 0 Å². The minimum absolute atomic E-state index is 0.428. The van der Waals surface area contributed by atoms with Gasteiger partial charge in [0.1, 0.15) is 0 Å². The van der Waals surface area contributed by atoms with E-state index >= 15 is 0 Å². The van der Waals surface area contributed by atoms with Gasteiger partial charge in [0, 0.05) is 0 Å².